The van der Waals surface area contributed by atoms with Crippen molar-refractivity contribution in [2.45, 2.75) is 11.5 Å². The second kappa shape index (κ2) is 4.18. The van der Waals surface area contributed by atoms with Gasteiger partial charge in [-0.3, -0.25) is 10.1 Å². The third kappa shape index (κ3) is 2.45. The highest BCUT2D eigenvalue weighted by molar-refractivity contribution is 7.89. The first-order valence-electron chi connectivity index (χ1n) is 3.83. The van der Waals surface area contributed by atoms with Crippen LogP contribution in [0.15, 0.2) is 11.2 Å². The second-order valence-corrected chi connectivity index (χ2v) is 4.30. The predicted molar refractivity (Wildman–Crippen MR) is 48.9 cm³/mol. The zero-order valence-corrected chi connectivity index (χ0v) is 8.69. The molecule has 0 aliphatic carbocycles. The molecule has 3 N–H and O–H groups in total. The normalized spacial score (nSPS) is 11.8. The van der Waals surface area contributed by atoms with E-state index in [1.54, 1.807) is 0 Å². The van der Waals surface area contributed by atoms with E-state index < -0.39 is 43.4 Å². The Morgan fingerprint density at radius 2 is 2.06 bits per heavy atom. The number of rotatable bonds is 3. The van der Waals surface area contributed by atoms with Gasteiger partial charge in [0.1, 0.15) is 5.56 Å². The number of hydrogen-bond donors (Lipinski definition) is 2. The fraction of sp³-hybridized carbons (Fsp3) is 0.167. The first kappa shape index (κ1) is 13.2. The third-order valence-corrected chi connectivity index (χ3v) is 2.55. The summed E-state index contributed by atoms with van der Waals surface area (Å²) in [6.07, 6.45) is -3.01. The summed E-state index contributed by atoms with van der Waals surface area (Å²) in [7, 11) is -4.54. The zero-order chi connectivity index (χ0) is 13.4. The molecule has 0 spiro atoms. The van der Waals surface area contributed by atoms with Gasteiger partial charge in [0, 0.05) is 6.20 Å². The minimum atomic E-state index is -4.54. The molecule has 8 nitrogen and oxygen atoms in total. The van der Waals surface area contributed by atoms with E-state index in [9.17, 15) is 32.4 Å². The summed E-state index contributed by atoms with van der Waals surface area (Å²) in [6, 6.07) is 0. The van der Waals surface area contributed by atoms with Crippen LogP contribution >= 0.6 is 0 Å². The number of nitrogens with zero attached hydrogens (tertiary/aromatic N) is 2. The Kier molecular flexibility index (Phi) is 3.24. The Balaban J connectivity index is 3.67. The lowest BCUT2D eigenvalue weighted by molar-refractivity contribution is -0.387. The standard InChI is InChI=1S/C6H5F2N3O5S/c7-5(8)2-1-10-6(17(9,15)16)4(12)3(2)11(13)14/h1,5,12H,(H2,9,15,16). The summed E-state index contributed by atoms with van der Waals surface area (Å²) in [5, 5.41) is 23.1. The lowest BCUT2D eigenvalue weighted by atomic mass is 10.2. The van der Waals surface area contributed by atoms with Crippen LogP contribution in [0.3, 0.4) is 0 Å². The molecule has 1 aromatic rings. The fourth-order valence-corrected chi connectivity index (χ4v) is 1.61. The molecule has 0 aliphatic heterocycles. The molecule has 1 aromatic heterocycles. The summed E-state index contributed by atoms with van der Waals surface area (Å²) in [5.74, 6) is -1.50. The highest BCUT2D eigenvalue weighted by Gasteiger charge is 2.32. The lowest BCUT2D eigenvalue weighted by Gasteiger charge is -2.05. The number of sulfonamides is 1. The molecule has 0 bridgehead atoms. The van der Waals surface area contributed by atoms with E-state index in [-0.39, 0.29) is 6.20 Å². The number of primary sulfonamides is 1. The van der Waals surface area contributed by atoms with Crippen molar-refractivity contribution in [3.63, 3.8) is 0 Å². The summed E-state index contributed by atoms with van der Waals surface area (Å²) in [6.45, 7) is 0. The van der Waals surface area contributed by atoms with Gasteiger partial charge in [-0.1, -0.05) is 0 Å². The SMILES string of the molecule is NS(=O)(=O)c1ncc(C(F)F)c([N+](=O)[O-])c1O. The highest BCUT2D eigenvalue weighted by Crippen LogP contribution is 2.38. The summed E-state index contributed by atoms with van der Waals surface area (Å²) < 4.78 is 46.4. The number of alkyl halides is 2. The second-order valence-electron chi connectivity index (χ2n) is 2.82. The van der Waals surface area contributed by atoms with E-state index in [0.717, 1.165) is 0 Å². The molecule has 0 unspecified atom stereocenters. The van der Waals surface area contributed by atoms with Gasteiger partial charge in [0.05, 0.1) is 4.92 Å². The zero-order valence-electron chi connectivity index (χ0n) is 7.87. The Morgan fingerprint density at radius 3 is 2.41 bits per heavy atom. The van der Waals surface area contributed by atoms with Crippen molar-refractivity contribution >= 4 is 15.7 Å². The maximum Gasteiger partial charge on any atom is 0.324 e. The van der Waals surface area contributed by atoms with Crippen LogP contribution in [0, 0.1) is 10.1 Å². The van der Waals surface area contributed by atoms with E-state index in [0.29, 0.717) is 0 Å². The van der Waals surface area contributed by atoms with Crippen LogP contribution in [-0.2, 0) is 10.0 Å². The van der Waals surface area contributed by atoms with Crippen LogP contribution in [0.1, 0.15) is 12.0 Å². The van der Waals surface area contributed by atoms with Crippen LogP contribution in [0.25, 0.3) is 0 Å². The summed E-state index contributed by atoms with van der Waals surface area (Å²) in [4.78, 5) is 12.1. The molecule has 0 aliphatic rings. The van der Waals surface area contributed by atoms with Gasteiger partial charge >= 0.3 is 5.69 Å². The van der Waals surface area contributed by atoms with E-state index >= 15 is 0 Å². The molecule has 0 atom stereocenters. The van der Waals surface area contributed by atoms with Crippen molar-refractivity contribution in [1.82, 2.24) is 4.98 Å². The first-order chi connectivity index (χ1) is 7.66. The molecule has 0 saturated carbocycles. The highest BCUT2D eigenvalue weighted by atomic mass is 32.2. The number of nitro groups is 1. The van der Waals surface area contributed by atoms with E-state index in [1.807, 2.05) is 0 Å². The van der Waals surface area contributed by atoms with Crippen LogP contribution in [0.5, 0.6) is 5.75 Å². The maximum absolute atomic E-state index is 12.4. The number of aromatic hydroxyl groups is 1. The van der Waals surface area contributed by atoms with E-state index in [4.69, 9.17) is 0 Å². The lowest BCUT2D eigenvalue weighted by Crippen LogP contribution is -2.15. The molecule has 0 fully saturated rings. The van der Waals surface area contributed by atoms with Crippen LogP contribution in [0.4, 0.5) is 14.5 Å². The van der Waals surface area contributed by atoms with Crippen LogP contribution in [-0.4, -0.2) is 23.4 Å². The number of aromatic nitrogens is 1. The van der Waals surface area contributed by atoms with Crippen molar-refractivity contribution in [3.8, 4) is 5.75 Å². The Morgan fingerprint density at radius 1 is 1.53 bits per heavy atom. The van der Waals surface area contributed by atoms with Gasteiger partial charge in [0.15, 0.2) is 0 Å². The Bertz CT molecular complexity index is 573. The molecular formula is C6H5F2N3O5S. The number of nitrogens with two attached hydrogens (primary N) is 1. The molecule has 0 amide bonds. The van der Waals surface area contributed by atoms with Crippen LogP contribution in [0.2, 0.25) is 0 Å². The van der Waals surface area contributed by atoms with Crippen molar-refractivity contribution < 1.29 is 27.2 Å². The van der Waals surface area contributed by atoms with Gasteiger partial charge in [-0.05, 0) is 0 Å². The van der Waals surface area contributed by atoms with Gasteiger partial charge < -0.3 is 5.11 Å². The fourth-order valence-electron chi connectivity index (χ4n) is 1.05. The van der Waals surface area contributed by atoms with Gasteiger partial charge in [0.25, 0.3) is 16.4 Å². The van der Waals surface area contributed by atoms with Crippen molar-refractivity contribution in [1.29, 1.82) is 0 Å². The smallest absolute Gasteiger partial charge is 0.324 e. The Labute approximate surface area is 92.9 Å². The average molecular weight is 269 g/mol. The molecule has 94 valence electrons. The number of halogens is 2. The van der Waals surface area contributed by atoms with E-state index in [1.165, 1.54) is 0 Å². The number of hydrogen-bond acceptors (Lipinski definition) is 6. The van der Waals surface area contributed by atoms with Crippen molar-refractivity contribution in [2.24, 2.45) is 5.14 Å². The Hall–Kier alpha value is -1.88. The average Bonchev–Trinajstić information content (AvgIpc) is 2.13. The minimum Gasteiger partial charge on any atom is -0.500 e. The summed E-state index contributed by atoms with van der Waals surface area (Å²) in [5.41, 5.74) is -2.63. The molecule has 0 saturated heterocycles. The maximum atomic E-state index is 12.4. The molecule has 0 radical (unpaired) electrons. The molecule has 1 rings (SSSR count). The first-order valence-corrected chi connectivity index (χ1v) is 5.38. The van der Waals surface area contributed by atoms with Gasteiger partial charge in [-0.15, -0.1) is 0 Å². The largest absolute Gasteiger partial charge is 0.500 e. The molecular weight excluding hydrogens is 264 g/mol. The van der Waals surface area contributed by atoms with Crippen molar-refractivity contribution in [2.75, 3.05) is 0 Å². The van der Waals surface area contributed by atoms with E-state index in [2.05, 4.69) is 10.1 Å². The number of pyridine rings is 1. The molecule has 11 heteroatoms. The molecule has 1 heterocycles. The predicted octanol–water partition coefficient (Wildman–Crippen LogP) is 0.280. The quantitative estimate of drug-likeness (QED) is 0.597. The molecule has 0 aromatic carbocycles. The molecule has 17 heavy (non-hydrogen) atoms. The third-order valence-electron chi connectivity index (χ3n) is 1.71. The van der Waals surface area contributed by atoms with Gasteiger partial charge in [-0.25, -0.2) is 27.3 Å². The van der Waals surface area contributed by atoms with Gasteiger partial charge in [0.2, 0.25) is 10.8 Å². The van der Waals surface area contributed by atoms with Crippen LogP contribution < -0.4 is 5.14 Å². The summed E-state index contributed by atoms with van der Waals surface area (Å²) >= 11 is 0. The minimum absolute atomic E-state index is 0.280. The topological polar surface area (TPSA) is 136 Å². The van der Waals surface area contributed by atoms with Gasteiger partial charge in [-0.2, -0.15) is 0 Å². The monoisotopic (exact) mass is 269 g/mol. The van der Waals surface area contributed by atoms with Crippen molar-refractivity contribution in [3.05, 3.63) is 21.9 Å².